The third kappa shape index (κ3) is 13.9. The maximum atomic E-state index is 12.9. The molecule has 1 unspecified atom stereocenters. The summed E-state index contributed by atoms with van der Waals surface area (Å²) in [7, 11) is 0. The Morgan fingerprint density at radius 2 is 0.951 bits per heavy atom. The molecule has 4 aromatic carbocycles. The Labute approximate surface area is 366 Å². The van der Waals surface area contributed by atoms with Gasteiger partial charge in [0.2, 0.25) is 0 Å². The highest BCUT2D eigenvalue weighted by Gasteiger charge is 2.29. The van der Waals surface area contributed by atoms with Crippen LogP contribution in [0.1, 0.15) is 122 Å². The average molecular weight is 818 g/mol. The molecular formula is C54H67N5O2. The predicted molar refractivity (Wildman–Crippen MR) is 251 cm³/mol. The van der Waals surface area contributed by atoms with E-state index in [0.717, 1.165) is 117 Å². The van der Waals surface area contributed by atoms with E-state index >= 15 is 0 Å². The molecule has 0 aromatic heterocycles. The van der Waals surface area contributed by atoms with E-state index in [1.807, 2.05) is 133 Å². The number of amides is 2. The molecule has 4 aromatic rings. The summed E-state index contributed by atoms with van der Waals surface area (Å²) in [5.41, 5.74) is 5.36. The summed E-state index contributed by atoms with van der Waals surface area (Å²) in [6.45, 7) is 14.2. The van der Waals surface area contributed by atoms with Gasteiger partial charge in [0.05, 0.1) is 0 Å². The molecule has 0 bridgehead atoms. The van der Waals surface area contributed by atoms with Crippen molar-refractivity contribution in [1.82, 2.24) is 25.3 Å². The highest BCUT2D eigenvalue weighted by Crippen LogP contribution is 2.27. The van der Waals surface area contributed by atoms with Crippen molar-refractivity contribution < 1.29 is 9.59 Å². The number of hydrogen-bond acceptors (Lipinski definition) is 5. The number of rotatable bonds is 6. The minimum Gasteiger partial charge on any atom is -0.339 e. The van der Waals surface area contributed by atoms with Gasteiger partial charge in [0.15, 0.2) is 0 Å². The molecule has 1 saturated carbocycles. The van der Waals surface area contributed by atoms with Gasteiger partial charge in [-0.05, 0) is 124 Å². The van der Waals surface area contributed by atoms with Crippen molar-refractivity contribution in [3.63, 3.8) is 0 Å². The van der Waals surface area contributed by atoms with Gasteiger partial charge in [-0.25, -0.2) is 0 Å². The largest absolute Gasteiger partial charge is 0.339 e. The van der Waals surface area contributed by atoms with E-state index < -0.39 is 0 Å². The second-order valence-corrected chi connectivity index (χ2v) is 16.6. The number of hydrogen-bond donors (Lipinski definition) is 2. The molecule has 3 heterocycles. The summed E-state index contributed by atoms with van der Waals surface area (Å²) in [6, 6.07) is 37.1. The molecule has 0 spiro atoms. The smallest absolute Gasteiger partial charge is 0.253 e. The summed E-state index contributed by atoms with van der Waals surface area (Å²) in [6.07, 6.45) is 11.2. The number of nitrogens with one attached hydrogen (secondary N) is 2. The van der Waals surface area contributed by atoms with E-state index in [-0.39, 0.29) is 11.8 Å². The van der Waals surface area contributed by atoms with Crippen LogP contribution in [-0.4, -0.2) is 97.0 Å². The fraction of sp³-hybridized carbons (Fsp3) is 0.444. The maximum absolute atomic E-state index is 12.9. The number of likely N-dealkylation sites (tertiary alicyclic amines) is 2. The zero-order valence-corrected chi connectivity index (χ0v) is 36.9. The van der Waals surface area contributed by atoms with Crippen LogP contribution in [0.5, 0.6) is 0 Å². The number of carbonyl (C=O) groups is 2. The minimum atomic E-state index is 0.140. The molecule has 4 fully saturated rings. The summed E-state index contributed by atoms with van der Waals surface area (Å²) in [4.78, 5) is 32.4. The Morgan fingerprint density at radius 3 is 1.39 bits per heavy atom. The molecule has 8 rings (SSSR count). The van der Waals surface area contributed by atoms with Crippen LogP contribution in [0.25, 0.3) is 0 Å². The molecule has 2 amide bonds. The van der Waals surface area contributed by atoms with Gasteiger partial charge < -0.3 is 20.4 Å². The van der Waals surface area contributed by atoms with E-state index in [4.69, 9.17) is 0 Å². The van der Waals surface area contributed by atoms with E-state index in [9.17, 15) is 9.59 Å². The molecule has 1 aliphatic carbocycles. The number of benzene rings is 4. The third-order valence-corrected chi connectivity index (χ3v) is 12.6. The van der Waals surface area contributed by atoms with Crippen LogP contribution in [0.3, 0.4) is 0 Å². The van der Waals surface area contributed by atoms with Crippen LogP contribution in [0.4, 0.5) is 0 Å². The van der Waals surface area contributed by atoms with Gasteiger partial charge in [0.1, 0.15) is 0 Å². The molecule has 3 aliphatic heterocycles. The van der Waals surface area contributed by atoms with Crippen LogP contribution in [0.2, 0.25) is 0 Å². The molecular weight excluding hydrogens is 751 g/mol. The monoisotopic (exact) mass is 818 g/mol. The van der Waals surface area contributed by atoms with Crippen LogP contribution in [0, 0.1) is 29.6 Å². The van der Waals surface area contributed by atoms with Gasteiger partial charge in [-0.2, -0.15) is 0 Å². The number of carbonyl (C=O) groups excluding carboxylic acids is 2. The van der Waals surface area contributed by atoms with Crippen LogP contribution in [0.15, 0.2) is 109 Å². The zero-order valence-electron chi connectivity index (χ0n) is 36.9. The van der Waals surface area contributed by atoms with Crippen molar-refractivity contribution in [2.24, 2.45) is 5.92 Å². The van der Waals surface area contributed by atoms with Gasteiger partial charge in [-0.3, -0.25) is 14.5 Å². The second kappa shape index (κ2) is 24.3. The zero-order chi connectivity index (χ0) is 42.7. The lowest BCUT2D eigenvalue weighted by molar-refractivity contribution is 0.0600. The molecule has 0 radical (unpaired) electrons. The maximum Gasteiger partial charge on any atom is 0.253 e. The lowest BCUT2D eigenvalue weighted by atomic mass is 9.84. The average Bonchev–Trinajstić information content (AvgIpc) is 3.35. The van der Waals surface area contributed by atoms with Gasteiger partial charge in [-0.1, -0.05) is 93.2 Å². The molecule has 7 nitrogen and oxygen atoms in total. The van der Waals surface area contributed by atoms with E-state index in [1.54, 1.807) is 0 Å². The van der Waals surface area contributed by atoms with Crippen molar-refractivity contribution in [2.75, 3.05) is 52.4 Å². The molecule has 2 N–H and O–H groups in total. The van der Waals surface area contributed by atoms with Gasteiger partial charge in [-0.15, -0.1) is 0 Å². The van der Waals surface area contributed by atoms with Crippen molar-refractivity contribution in [3.8, 4) is 23.7 Å². The fourth-order valence-electron chi connectivity index (χ4n) is 8.96. The van der Waals surface area contributed by atoms with Crippen LogP contribution in [-0.2, 0) is 0 Å². The summed E-state index contributed by atoms with van der Waals surface area (Å²) in [5, 5.41) is 7.28. The topological polar surface area (TPSA) is 67.9 Å². The standard InChI is InChI=1S/C28H34N2O.C24H27N3O.C2H6/c1-22(25-10-6-3-7-11-25)29-27-18-20-30(21-19-27)28(31)26-16-14-24(15-17-26)13-12-23-8-4-2-5-9-23;28-24(27-16-12-23(13-17-27)26-18-14-25-15-19-26)22-10-8-21(9-11-22)7-6-20-4-2-1-3-5-20;1-2/h2,4-5,8-9,14-17,22,25,27,29H,3,6-7,10-11,18-21H2,1H3;1-5,8-11,23,25H,12-19H2;1-2H3. The first-order chi connectivity index (χ1) is 30.0. The second-order valence-electron chi connectivity index (χ2n) is 16.6. The summed E-state index contributed by atoms with van der Waals surface area (Å²) in [5.74, 6) is 13.8. The fourth-order valence-corrected chi connectivity index (χ4v) is 8.96. The number of nitrogens with zero attached hydrogens (tertiary/aromatic N) is 3. The summed E-state index contributed by atoms with van der Waals surface area (Å²) < 4.78 is 0. The SMILES string of the molecule is CC.CC(NC1CCN(C(=O)c2ccc(C#Cc3ccccc3)cc2)CC1)C1CCCCC1.O=C(c1ccc(C#Cc2ccccc2)cc1)N1CCC(N2CCNCC2)CC1. The van der Waals surface area contributed by atoms with Crippen LogP contribution < -0.4 is 10.6 Å². The van der Waals surface area contributed by atoms with Crippen molar-refractivity contribution in [3.05, 3.63) is 143 Å². The first-order valence-electron chi connectivity index (χ1n) is 23.1. The quantitative estimate of drug-likeness (QED) is 0.191. The Balaban J connectivity index is 0.000000197. The highest BCUT2D eigenvalue weighted by molar-refractivity contribution is 5.95. The molecule has 3 saturated heterocycles. The van der Waals surface area contributed by atoms with Crippen molar-refractivity contribution in [1.29, 1.82) is 0 Å². The number of piperidine rings is 2. The third-order valence-electron chi connectivity index (χ3n) is 12.6. The highest BCUT2D eigenvalue weighted by atomic mass is 16.2. The Morgan fingerprint density at radius 1 is 0.541 bits per heavy atom. The van der Waals surface area contributed by atoms with Gasteiger partial charge >= 0.3 is 0 Å². The summed E-state index contributed by atoms with van der Waals surface area (Å²) >= 11 is 0. The van der Waals surface area contributed by atoms with E-state index in [0.29, 0.717) is 18.1 Å². The van der Waals surface area contributed by atoms with E-state index in [2.05, 4.69) is 46.1 Å². The predicted octanol–water partition coefficient (Wildman–Crippen LogP) is 8.87. The van der Waals surface area contributed by atoms with Crippen molar-refractivity contribution in [2.45, 2.75) is 96.7 Å². The molecule has 4 aliphatic rings. The normalized spacial score (nSPS) is 18.1. The first-order valence-corrected chi connectivity index (χ1v) is 23.1. The Hall–Kier alpha value is -5.18. The first kappa shape index (κ1) is 45.3. The Bertz CT molecular complexity index is 2030. The van der Waals surface area contributed by atoms with Crippen molar-refractivity contribution >= 4 is 11.8 Å². The van der Waals surface area contributed by atoms with Crippen LogP contribution >= 0.6 is 0 Å². The Kier molecular flexibility index (Phi) is 18.1. The van der Waals surface area contributed by atoms with Gasteiger partial charge in [0, 0.05) is 104 Å². The number of piperazine rings is 1. The lowest BCUT2D eigenvalue weighted by Crippen LogP contribution is -2.52. The lowest BCUT2D eigenvalue weighted by Gasteiger charge is -2.40. The molecule has 1 atom stereocenters. The minimum absolute atomic E-state index is 0.140. The van der Waals surface area contributed by atoms with E-state index in [1.165, 1.54) is 32.1 Å². The molecule has 7 heteroatoms. The molecule has 320 valence electrons. The molecule has 61 heavy (non-hydrogen) atoms. The van der Waals surface area contributed by atoms with Gasteiger partial charge in [0.25, 0.3) is 11.8 Å².